The maximum absolute atomic E-state index is 11.4. The highest BCUT2D eigenvalue weighted by molar-refractivity contribution is 5.87. The molecule has 27 heavy (non-hydrogen) atoms. The second-order valence-electron chi connectivity index (χ2n) is 9.44. The number of carbonyl (C=O) groups is 1. The van der Waals surface area contributed by atoms with Gasteiger partial charge in [-0.3, -0.25) is 0 Å². The quantitative estimate of drug-likeness (QED) is 0.775. The third-order valence-electron chi connectivity index (χ3n) is 6.42. The fourth-order valence-electron chi connectivity index (χ4n) is 4.34. The molecule has 1 atom stereocenters. The van der Waals surface area contributed by atoms with E-state index in [-0.39, 0.29) is 16.4 Å². The van der Waals surface area contributed by atoms with E-state index >= 15 is 0 Å². The number of benzene rings is 2. The van der Waals surface area contributed by atoms with Crippen LogP contribution < -0.4 is 0 Å². The van der Waals surface area contributed by atoms with Crippen LogP contribution in [0.15, 0.2) is 36.4 Å². The Balaban J connectivity index is 2.15. The fourth-order valence-corrected chi connectivity index (χ4v) is 4.34. The molecule has 0 radical (unpaired) electrons. The average Bonchev–Trinajstić information content (AvgIpc) is 2.58. The number of rotatable bonds is 3. The molecule has 3 rings (SSSR count). The first-order valence-electron chi connectivity index (χ1n) is 9.58. The second kappa shape index (κ2) is 6.20. The summed E-state index contributed by atoms with van der Waals surface area (Å²) in [4.78, 5) is 11.1. The molecule has 1 aliphatic rings. The lowest BCUT2D eigenvalue weighted by Crippen LogP contribution is -2.35. The molecule has 3 nitrogen and oxygen atoms in total. The van der Waals surface area contributed by atoms with E-state index in [0.29, 0.717) is 5.56 Å². The van der Waals surface area contributed by atoms with E-state index < -0.39 is 11.6 Å². The lowest BCUT2D eigenvalue weighted by Gasteiger charge is -2.43. The smallest absolute Gasteiger partial charge is 0.335 e. The molecule has 1 aliphatic carbocycles. The lowest BCUT2D eigenvalue weighted by molar-refractivity contribution is 0.0695. The summed E-state index contributed by atoms with van der Waals surface area (Å²) in [6.45, 7) is 13.0. The van der Waals surface area contributed by atoms with Gasteiger partial charge in [-0.05, 0) is 77.5 Å². The number of hydrogen-bond acceptors (Lipinski definition) is 2. The van der Waals surface area contributed by atoms with Crippen LogP contribution in [0.2, 0.25) is 0 Å². The van der Waals surface area contributed by atoms with Crippen LogP contribution in [0.5, 0.6) is 0 Å². The summed E-state index contributed by atoms with van der Waals surface area (Å²) in [5.41, 5.74) is 4.55. The van der Waals surface area contributed by atoms with Crippen molar-refractivity contribution in [2.75, 3.05) is 0 Å². The molecule has 0 heterocycles. The van der Waals surface area contributed by atoms with Crippen molar-refractivity contribution < 1.29 is 15.0 Å². The highest BCUT2D eigenvalue weighted by Crippen LogP contribution is 2.48. The van der Waals surface area contributed by atoms with Gasteiger partial charge in [0.25, 0.3) is 0 Å². The first-order valence-corrected chi connectivity index (χ1v) is 9.58. The van der Waals surface area contributed by atoms with Crippen molar-refractivity contribution in [3.05, 3.63) is 69.8 Å². The number of hydrogen-bond donors (Lipinski definition) is 2. The van der Waals surface area contributed by atoms with Crippen LogP contribution >= 0.6 is 0 Å². The maximum atomic E-state index is 11.4. The van der Waals surface area contributed by atoms with E-state index in [1.165, 1.54) is 11.1 Å². The van der Waals surface area contributed by atoms with Crippen LogP contribution in [0.25, 0.3) is 0 Å². The van der Waals surface area contributed by atoms with Crippen LogP contribution in [-0.2, 0) is 16.4 Å². The number of fused-ring (bicyclic) bond motifs is 1. The molecule has 0 fully saturated rings. The van der Waals surface area contributed by atoms with Crippen molar-refractivity contribution >= 4 is 5.97 Å². The second-order valence-corrected chi connectivity index (χ2v) is 9.44. The summed E-state index contributed by atoms with van der Waals surface area (Å²) in [5.74, 6) is -0.963. The Hall–Kier alpha value is -2.13. The Bertz CT molecular complexity index is 887. The monoisotopic (exact) mass is 366 g/mol. The van der Waals surface area contributed by atoms with Crippen LogP contribution in [0, 0.1) is 6.92 Å². The van der Waals surface area contributed by atoms with Gasteiger partial charge in [0.2, 0.25) is 0 Å². The Labute approximate surface area is 162 Å². The number of aryl methyl sites for hydroxylation is 1. The summed E-state index contributed by atoms with van der Waals surface area (Å²) in [6.07, 6.45) is 2.27. The highest BCUT2D eigenvalue weighted by Gasteiger charge is 2.39. The van der Waals surface area contributed by atoms with Crippen molar-refractivity contribution in [1.29, 1.82) is 0 Å². The van der Waals surface area contributed by atoms with E-state index in [1.807, 2.05) is 6.92 Å². The normalized spacial score (nSPS) is 19.8. The van der Waals surface area contributed by atoms with Gasteiger partial charge in [0.1, 0.15) is 5.60 Å². The molecule has 0 bridgehead atoms. The van der Waals surface area contributed by atoms with Crippen molar-refractivity contribution in [3.8, 4) is 0 Å². The molecule has 0 aliphatic heterocycles. The topological polar surface area (TPSA) is 57.5 Å². The minimum Gasteiger partial charge on any atom is -0.478 e. The summed E-state index contributed by atoms with van der Waals surface area (Å²) in [7, 11) is 0. The van der Waals surface area contributed by atoms with Gasteiger partial charge in [-0.1, -0.05) is 52.0 Å². The number of carboxylic acids is 1. The largest absolute Gasteiger partial charge is 0.478 e. The minimum absolute atomic E-state index is 0.0660. The number of aromatic carboxylic acids is 1. The summed E-state index contributed by atoms with van der Waals surface area (Å²) in [6, 6.07) is 10.9. The molecule has 3 heteroatoms. The fraction of sp³-hybridized carbons (Fsp3) is 0.458. The molecule has 1 unspecified atom stereocenters. The number of carboxylic acid groups (broad SMARTS) is 1. The van der Waals surface area contributed by atoms with E-state index in [0.717, 1.165) is 24.0 Å². The van der Waals surface area contributed by atoms with E-state index in [9.17, 15) is 9.90 Å². The van der Waals surface area contributed by atoms with Crippen molar-refractivity contribution in [3.63, 3.8) is 0 Å². The van der Waals surface area contributed by atoms with Crippen LogP contribution in [0.1, 0.15) is 85.6 Å². The van der Waals surface area contributed by atoms with Gasteiger partial charge in [0, 0.05) is 0 Å². The standard InChI is InChI=1S/C24H30O3/c1-15-13-19-20(23(4,5)12-11-22(19,2)3)14-18(15)24(6,27)17-9-7-16(8-10-17)21(25)26/h7-10,13-14,27H,11-12H2,1-6H3,(H,25,26). The van der Waals surface area contributed by atoms with Crippen molar-refractivity contribution in [2.24, 2.45) is 0 Å². The first-order chi connectivity index (χ1) is 12.4. The minimum atomic E-state index is -1.19. The Morgan fingerprint density at radius 2 is 1.44 bits per heavy atom. The van der Waals surface area contributed by atoms with Gasteiger partial charge >= 0.3 is 5.97 Å². The third kappa shape index (κ3) is 3.29. The Morgan fingerprint density at radius 3 is 1.93 bits per heavy atom. The molecular weight excluding hydrogens is 336 g/mol. The van der Waals surface area contributed by atoms with Crippen molar-refractivity contribution in [1.82, 2.24) is 0 Å². The van der Waals surface area contributed by atoms with E-state index in [4.69, 9.17) is 5.11 Å². The zero-order chi connectivity index (χ0) is 20.2. The zero-order valence-corrected chi connectivity index (χ0v) is 17.2. The van der Waals surface area contributed by atoms with Crippen molar-refractivity contribution in [2.45, 2.75) is 70.8 Å². The van der Waals surface area contributed by atoms with Gasteiger partial charge in [0.15, 0.2) is 0 Å². The van der Waals surface area contributed by atoms with E-state index in [2.05, 4.69) is 39.8 Å². The first kappa shape index (κ1) is 19.6. The molecule has 0 aromatic heterocycles. The Morgan fingerprint density at radius 1 is 0.963 bits per heavy atom. The summed E-state index contributed by atoms with van der Waals surface area (Å²) < 4.78 is 0. The molecular formula is C24H30O3. The van der Waals surface area contributed by atoms with Crippen LogP contribution in [0.4, 0.5) is 0 Å². The van der Waals surface area contributed by atoms with Crippen LogP contribution in [0.3, 0.4) is 0 Å². The summed E-state index contributed by atoms with van der Waals surface area (Å²) in [5, 5.41) is 20.5. The molecule has 144 valence electrons. The van der Waals surface area contributed by atoms with Gasteiger partial charge in [-0.2, -0.15) is 0 Å². The molecule has 0 saturated carbocycles. The highest BCUT2D eigenvalue weighted by atomic mass is 16.4. The van der Waals surface area contributed by atoms with Gasteiger partial charge in [0.05, 0.1) is 5.56 Å². The predicted molar refractivity (Wildman–Crippen MR) is 109 cm³/mol. The zero-order valence-electron chi connectivity index (χ0n) is 17.2. The molecule has 0 saturated heterocycles. The van der Waals surface area contributed by atoms with Gasteiger partial charge in [-0.25, -0.2) is 4.79 Å². The Kier molecular flexibility index (Phi) is 4.51. The molecule has 0 amide bonds. The average molecular weight is 367 g/mol. The molecule has 2 aromatic rings. The summed E-state index contributed by atoms with van der Waals surface area (Å²) >= 11 is 0. The lowest BCUT2D eigenvalue weighted by atomic mass is 9.62. The third-order valence-corrected chi connectivity index (χ3v) is 6.42. The predicted octanol–water partition coefficient (Wildman–Crippen LogP) is 5.30. The van der Waals surface area contributed by atoms with E-state index in [1.54, 1.807) is 31.2 Å². The maximum Gasteiger partial charge on any atom is 0.335 e. The van der Waals surface area contributed by atoms with Gasteiger partial charge < -0.3 is 10.2 Å². The molecule has 2 aromatic carbocycles. The molecule has 2 N–H and O–H groups in total. The molecule has 0 spiro atoms. The SMILES string of the molecule is Cc1cc2c(cc1C(C)(O)c1ccc(C(=O)O)cc1)C(C)(C)CCC2(C)C. The number of aliphatic hydroxyl groups is 1. The van der Waals surface area contributed by atoms with Gasteiger partial charge in [-0.15, -0.1) is 0 Å². The van der Waals surface area contributed by atoms with Crippen LogP contribution in [-0.4, -0.2) is 16.2 Å².